The summed E-state index contributed by atoms with van der Waals surface area (Å²) in [6.07, 6.45) is 2.29. The highest BCUT2D eigenvalue weighted by Gasteiger charge is 2.30. The van der Waals surface area contributed by atoms with Gasteiger partial charge >= 0.3 is 0 Å². The Balaban J connectivity index is 1.99. The van der Waals surface area contributed by atoms with Crippen molar-refractivity contribution in [2.75, 3.05) is 6.54 Å². The zero-order valence-corrected chi connectivity index (χ0v) is 12.0. The van der Waals surface area contributed by atoms with E-state index in [4.69, 9.17) is 5.73 Å². The van der Waals surface area contributed by atoms with Gasteiger partial charge in [0.1, 0.15) is 0 Å². The second kappa shape index (κ2) is 5.51. The summed E-state index contributed by atoms with van der Waals surface area (Å²) in [5, 5.41) is 0. The molecule has 1 aliphatic heterocycles. The maximum absolute atomic E-state index is 6.13. The minimum absolute atomic E-state index is 0.385. The van der Waals surface area contributed by atoms with Gasteiger partial charge in [-0.25, -0.2) is 0 Å². The molecule has 1 saturated heterocycles. The summed E-state index contributed by atoms with van der Waals surface area (Å²) in [6, 6.07) is 5.54. The minimum atomic E-state index is 0.385. The van der Waals surface area contributed by atoms with Crippen LogP contribution < -0.4 is 5.73 Å². The first kappa shape index (κ1) is 13.1. The van der Waals surface area contributed by atoms with Crippen molar-refractivity contribution in [1.82, 2.24) is 4.90 Å². The molecule has 3 unspecified atom stereocenters. The summed E-state index contributed by atoms with van der Waals surface area (Å²) in [5.41, 5.74) is 6.13. The molecule has 3 heteroatoms. The van der Waals surface area contributed by atoms with E-state index in [1.165, 1.54) is 9.75 Å². The van der Waals surface area contributed by atoms with Gasteiger partial charge in [0.05, 0.1) is 0 Å². The maximum Gasteiger partial charge on any atom is 0.0330 e. The molecule has 0 aromatic carbocycles. The first-order valence-corrected chi connectivity index (χ1v) is 7.50. The van der Waals surface area contributed by atoms with E-state index in [1.54, 1.807) is 0 Å². The van der Waals surface area contributed by atoms with Gasteiger partial charge in [0.25, 0.3) is 0 Å². The molecule has 1 aliphatic rings. The zero-order chi connectivity index (χ0) is 12.4. The number of nitrogens with two attached hydrogens (primary N) is 1. The van der Waals surface area contributed by atoms with Gasteiger partial charge in [-0.2, -0.15) is 0 Å². The van der Waals surface area contributed by atoms with Crippen LogP contribution in [0.2, 0.25) is 0 Å². The molecule has 2 N–H and O–H groups in total. The van der Waals surface area contributed by atoms with E-state index < -0.39 is 0 Å². The van der Waals surface area contributed by atoms with Crippen LogP contribution in [0.5, 0.6) is 0 Å². The normalized spacial score (nSPS) is 30.7. The van der Waals surface area contributed by atoms with Crippen molar-refractivity contribution in [3.8, 4) is 0 Å². The molecule has 1 fully saturated rings. The van der Waals surface area contributed by atoms with Gasteiger partial charge in [-0.3, -0.25) is 4.90 Å². The Morgan fingerprint density at radius 3 is 2.71 bits per heavy atom. The van der Waals surface area contributed by atoms with E-state index in [0.717, 1.165) is 25.9 Å². The summed E-state index contributed by atoms with van der Waals surface area (Å²) in [5.74, 6) is 0.606. The van der Waals surface area contributed by atoms with E-state index in [-0.39, 0.29) is 0 Å². The third-order valence-electron chi connectivity index (χ3n) is 4.19. The Labute approximate surface area is 109 Å². The van der Waals surface area contributed by atoms with Crippen molar-refractivity contribution in [2.24, 2.45) is 11.7 Å². The van der Waals surface area contributed by atoms with E-state index in [1.807, 2.05) is 11.3 Å². The van der Waals surface area contributed by atoms with Gasteiger partial charge in [0, 0.05) is 34.9 Å². The number of nitrogens with zero attached hydrogens (tertiary/aromatic N) is 1. The summed E-state index contributed by atoms with van der Waals surface area (Å²) >= 11 is 1.96. The van der Waals surface area contributed by atoms with Crippen LogP contribution in [0, 0.1) is 5.92 Å². The van der Waals surface area contributed by atoms with Crippen molar-refractivity contribution in [1.29, 1.82) is 0 Å². The SMILES string of the molecule is CCc1ccc(CN2CCC(N)C(C)C2C)s1. The molecule has 0 aliphatic carbocycles. The molecular weight excluding hydrogens is 228 g/mol. The molecule has 0 radical (unpaired) electrons. The van der Waals surface area contributed by atoms with Crippen molar-refractivity contribution in [3.63, 3.8) is 0 Å². The quantitative estimate of drug-likeness (QED) is 0.896. The van der Waals surface area contributed by atoms with E-state index in [0.29, 0.717) is 18.0 Å². The van der Waals surface area contributed by atoms with Gasteiger partial charge in [-0.1, -0.05) is 13.8 Å². The predicted octanol–water partition coefficient (Wildman–Crippen LogP) is 2.87. The van der Waals surface area contributed by atoms with Crippen LogP contribution in [0.25, 0.3) is 0 Å². The van der Waals surface area contributed by atoms with Crippen LogP contribution >= 0.6 is 11.3 Å². The molecule has 1 aromatic rings. The summed E-state index contributed by atoms with van der Waals surface area (Å²) in [7, 11) is 0. The lowest BCUT2D eigenvalue weighted by atomic mass is 9.88. The first-order chi connectivity index (χ1) is 8.11. The average Bonchev–Trinajstić information content (AvgIpc) is 2.78. The summed E-state index contributed by atoms with van der Waals surface area (Å²) in [4.78, 5) is 5.57. The maximum atomic E-state index is 6.13. The molecule has 96 valence electrons. The summed E-state index contributed by atoms with van der Waals surface area (Å²) < 4.78 is 0. The lowest BCUT2D eigenvalue weighted by Gasteiger charge is -2.41. The molecule has 1 aromatic heterocycles. The van der Waals surface area contributed by atoms with Crippen LogP contribution in [0.15, 0.2) is 12.1 Å². The fraction of sp³-hybridized carbons (Fsp3) is 0.714. The molecular formula is C14H24N2S. The van der Waals surface area contributed by atoms with Crippen molar-refractivity contribution in [2.45, 2.75) is 52.2 Å². The van der Waals surface area contributed by atoms with Crippen LogP contribution in [0.1, 0.15) is 36.9 Å². The van der Waals surface area contributed by atoms with E-state index in [9.17, 15) is 0 Å². The molecule has 0 bridgehead atoms. The van der Waals surface area contributed by atoms with Crippen LogP contribution in [-0.4, -0.2) is 23.5 Å². The van der Waals surface area contributed by atoms with Crippen LogP contribution in [0.3, 0.4) is 0 Å². The third-order valence-corrected chi connectivity index (χ3v) is 5.40. The Hall–Kier alpha value is -0.380. The van der Waals surface area contributed by atoms with Gasteiger partial charge < -0.3 is 5.73 Å². The van der Waals surface area contributed by atoms with Crippen molar-refractivity contribution >= 4 is 11.3 Å². The molecule has 2 heterocycles. The van der Waals surface area contributed by atoms with Gasteiger partial charge in [-0.15, -0.1) is 11.3 Å². The fourth-order valence-electron chi connectivity index (χ4n) is 2.59. The standard InChI is InChI=1S/C14H24N2S/c1-4-12-5-6-13(17-12)9-16-8-7-14(15)10(2)11(16)3/h5-6,10-11,14H,4,7-9,15H2,1-3H3. The Kier molecular flexibility index (Phi) is 4.23. The number of likely N-dealkylation sites (tertiary alicyclic amines) is 1. The van der Waals surface area contributed by atoms with Gasteiger partial charge in [-0.05, 0) is 37.8 Å². The smallest absolute Gasteiger partial charge is 0.0330 e. The number of thiophene rings is 1. The largest absolute Gasteiger partial charge is 0.327 e. The van der Waals surface area contributed by atoms with Crippen molar-refractivity contribution in [3.05, 3.63) is 21.9 Å². The van der Waals surface area contributed by atoms with Gasteiger partial charge in [0.15, 0.2) is 0 Å². The molecule has 17 heavy (non-hydrogen) atoms. The molecule has 0 amide bonds. The number of aryl methyl sites for hydroxylation is 1. The van der Waals surface area contributed by atoms with E-state index in [2.05, 4.69) is 37.8 Å². The first-order valence-electron chi connectivity index (χ1n) is 6.69. The Morgan fingerprint density at radius 2 is 2.06 bits per heavy atom. The summed E-state index contributed by atoms with van der Waals surface area (Å²) in [6.45, 7) is 9.07. The second-order valence-electron chi connectivity index (χ2n) is 5.24. The van der Waals surface area contributed by atoms with Gasteiger partial charge in [0.2, 0.25) is 0 Å². The number of piperidine rings is 1. The molecule has 2 rings (SSSR count). The number of rotatable bonds is 3. The Bertz CT molecular complexity index is 361. The van der Waals surface area contributed by atoms with Crippen LogP contribution in [-0.2, 0) is 13.0 Å². The topological polar surface area (TPSA) is 29.3 Å². The molecule has 2 nitrogen and oxygen atoms in total. The molecule has 3 atom stereocenters. The van der Waals surface area contributed by atoms with Crippen LogP contribution in [0.4, 0.5) is 0 Å². The molecule has 0 saturated carbocycles. The monoisotopic (exact) mass is 252 g/mol. The minimum Gasteiger partial charge on any atom is -0.327 e. The fourth-order valence-corrected chi connectivity index (χ4v) is 3.58. The number of hydrogen-bond acceptors (Lipinski definition) is 3. The Morgan fingerprint density at radius 1 is 1.35 bits per heavy atom. The third kappa shape index (κ3) is 2.90. The van der Waals surface area contributed by atoms with E-state index >= 15 is 0 Å². The number of hydrogen-bond donors (Lipinski definition) is 1. The highest BCUT2D eigenvalue weighted by molar-refractivity contribution is 7.11. The van der Waals surface area contributed by atoms with Crippen molar-refractivity contribution < 1.29 is 0 Å². The highest BCUT2D eigenvalue weighted by atomic mass is 32.1. The average molecular weight is 252 g/mol. The lowest BCUT2D eigenvalue weighted by Crippen LogP contribution is -2.51. The lowest BCUT2D eigenvalue weighted by molar-refractivity contribution is 0.0920. The predicted molar refractivity (Wildman–Crippen MR) is 75.3 cm³/mol. The molecule has 0 spiro atoms. The highest BCUT2D eigenvalue weighted by Crippen LogP contribution is 2.26. The zero-order valence-electron chi connectivity index (χ0n) is 11.1. The second-order valence-corrected chi connectivity index (χ2v) is 6.50.